The number of hydrogen-bond acceptors (Lipinski definition) is 4. The van der Waals surface area contributed by atoms with E-state index in [1.165, 1.54) is 45.8 Å². The summed E-state index contributed by atoms with van der Waals surface area (Å²) < 4.78 is 4.52. The van der Waals surface area contributed by atoms with Crippen molar-refractivity contribution in [2.24, 2.45) is 0 Å². The smallest absolute Gasteiger partial charge is 0.328 e. The summed E-state index contributed by atoms with van der Waals surface area (Å²) in [6.07, 6.45) is 3.90. The van der Waals surface area contributed by atoms with Gasteiger partial charge in [0, 0.05) is 18.3 Å². The van der Waals surface area contributed by atoms with Crippen molar-refractivity contribution >= 4 is 44.7 Å². The van der Waals surface area contributed by atoms with Crippen LogP contribution in [0.2, 0.25) is 0 Å². The number of imidazole rings is 1. The highest BCUT2D eigenvalue weighted by molar-refractivity contribution is 6.22. The van der Waals surface area contributed by atoms with Gasteiger partial charge in [0.1, 0.15) is 6.04 Å². The van der Waals surface area contributed by atoms with Crippen molar-refractivity contribution in [3.05, 3.63) is 78.9 Å². The number of H-pyrrole nitrogens is 1. The fourth-order valence-electron chi connectivity index (χ4n) is 3.72. The van der Waals surface area contributed by atoms with Gasteiger partial charge in [-0.25, -0.2) is 9.78 Å². The van der Waals surface area contributed by atoms with Crippen LogP contribution in [0.4, 0.5) is 0 Å². The molecule has 150 valence electrons. The van der Waals surface area contributed by atoms with Gasteiger partial charge < -0.3 is 15.0 Å². The van der Waals surface area contributed by atoms with Gasteiger partial charge in [-0.15, -0.1) is 0 Å². The van der Waals surface area contributed by atoms with E-state index in [1.807, 2.05) is 0 Å². The van der Waals surface area contributed by atoms with Crippen LogP contribution in [0.25, 0.3) is 32.3 Å². The molecule has 0 aliphatic carbocycles. The summed E-state index contributed by atoms with van der Waals surface area (Å²) >= 11 is 0. The highest BCUT2D eigenvalue weighted by Crippen LogP contribution is 2.33. The molecule has 6 heteroatoms. The molecule has 0 aliphatic rings. The highest BCUT2D eigenvalue weighted by Gasteiger charge is 2.18. The van der Waals surface area contributed by atoms with Crippen LogP contribution in [-0.2, 0) is 20.7 Å². The Bertz CT molecular complexity index is 1150. The lowest BCUT2D eigenvalue weighted by molar-refractivity contribution is -0.144. The van der Waals surface area contributed by atoms with Crippen molar-refractivity contribution in [1.82, 2.24) is 15.3 Å². The molecule has 1 amide bonds. The minimum Gasteiger partial charge on any atom is -0.467 e. The van der Waals surface area contributed by atoms with Crippen molar-refractivity contribution in [1.29, 1.82) is 0 Å². The third-order valence-corrected chi connectivity index (χ3v) is 5.13. The molecule has 5 rings (SSSR count). The van der Waals surface area contributed by atoms with Gasteiger partial charge in [0.05, 0.1) is 13.4 Å². The number of nitrogens with zero attached hydrogens (tertiary/aromatic N) is 1. The average molecular weight is 399 g/mol. The van der Waals surface area contributed by atoms with E-state index in [1.54, 1.807) is 6.20 Å². The maximum atomic E-state index is 11.2. The van der Waals surface area contributed by atoms with Crippen LogP contribution >= 0.6 is 0 Å². The number of nitrogens with one attached hydrogen (secondary N) is 2. The summed E-state index contributed by atoms with van der Waals surface area (Å²) in [6, 6.07) is 21.2. The highest BCUT2D eigenvalue weighted by atomic mass is 16.5. The molecule has 1 atom stereocenters. The Balaban J connectivity index is 0.000000147. The molecule has 1 heterocycles. The molecule has 0 aliphatic heterocycles. The van der Waals surface area contributed by atoms with Crippen LogP contribution in [0.5, 0.6) is 0 Å². The van der Waals surface area contributed by atoms with E-state index in [4.69, 9.17) is 0 Å². The molecule has 0 bridgehead atoms. The number of aromatic nitrogens is 2. The molecule has 1 aromatic heterocycles. The Morgan fingerprint density at radius 3 is 1.93 bits per heavy atom. The summed E-state index contributed by atoms with van der Waals surface area (Å²) in [4.78, 5) is 28.0. The maximum Gasteiger partial charge on any atom is 0.328 e. The third-order valence-electron chi connectivity index (χ3n) is 5.13. The molecular formula is C24H21N3O3. The second-order valence-corrected chi connectivity index (χ2v) is 6.93. The van der Waals surface area contributed by atoms with E-state index in [2.05, 4.69) is 80.7 Å². The quantitative estimate of drug-likeness (QED) is 0.267. The predicted octanol–water partition coefficient (Wildman–Crippen LogP) is 3.82. The number of hydrogen-bond donors (Lipinski definition) is 2. The van der Waals surface area contributed by atoms with Crippen molar-refractivity contribution in [2.75, 3.05) is 7.11 Å². The number of methoxy groups -OCH3 is 1. The monoisotopic (exact) mass is 399 g/mol. The first-order chi connectivity index (χ1) is 14.7. The summed E-state index contributed by atoms with van der Waals surface area (Å²) in [7, 11) is 1.27. The number of amides is 1. The Morgan fingerprint density at radius 2 is 1.53 bits per heavy atom. The van der Waals surface area contributed by atoms with E-state index in [-0.39, 0.29) is 0 Å². The van der Waals surface area contributed by atoms with Crippen LogP contribution in [0.3, 0.4) is 0 Å². The van der Waals surface area contributed by atoms with Crippen LogP contribution in [0, 0.1) is 0 Å². The SMILES string of the molecule is COC(=O)C(Cc1cnc[nH]1)NC=O.c1cc2ccc3cccc4ccc(c1)c2c34. The van der Waals surface area contributed by atoms with Crippen molar-refractivity contribution < 1.29 is 14.3 Å². The van der Waals surface area contributed by atoms with Crippen molar-refractivity contribution in [2.45, 2.75) is 12.5 Å². The summed E-state index contributed by atoms with van der Waals surface area (Å²) in [5, 5.41) is 10.5. The Hall–Kier alpha value is -3.93. The van der Waals surface area contributed by atoms with Gasteiger partial charge in [-0.05, 0) is 32.3 Å². The van der Waals surface area contributed by atoms with Gasteiger partial charge in [-0.1, -0.05) is 60.7 Å². The van der Waals surface area contributed by atoms with Gasteiger partial charge >= 0.3 is 5.97 Å². The minimum absolute atomic E-state index is 0.339. The fourth-order valence-corrected chi connectivity index (χ4v) is 3.72. The second kappa shape index (κ2) is 8.61. The van der Waals surface area contributed by atoms with E-state index >= 15 is 0 Å². The lowest BCUT2D eigenvalue weighted by atomic mass is 9.95. The second-order valence-electron chi connectivity index (χ2n) is 6.93. The van der Waals surface area contributed by atoms with Gasteiger partial charge in [0.25, 0.3) is 0 Å². The van der Waals surface area contributed by atoms with Crippen molar-refractivity contribution in [3.8, 4) is 0 Å². The lowest BCUT2D eigenvalue weighted by Crippen LogP contribution is -2.38. The fraction of sp³-hybridized carbons (Fsp3) is 0.125. The van der Waals surface area contributed by atoms with E-state index in [0.29, 0.717) is 12.8 Å². The normalized spacial score (nSPS) is 11.8. The van der Waals surface area contributed by atoms with Crippen LogP contribution in [0.1, 0.15) is 5.69 Å². The van der Waals surface area contributed by atoms with E-state index < -0.39 is 12.0 Å². The first kappa shape index (κ1) is 19.4. The molecule has 0 saturated heterocycles. The molecule has 0 spiro atoms. The average Bonchev–Trinajstić information content (AvgIpc) is 3.30. The number of aromatic amines is 1. The molecule has 4 aromatic carbocycles. The Kier molecular flexibility index (Phi) is 5.57. The predicted molar refractivity (Wildman–Crippen MR) is 117 cm³/mol. The zero-order chi connectivity index (χ0) is 20.9. The molecule has 0 saturated carbocycles. The molecule has 5 aromatic rings. The first-order valence-electron chi connectivity index (χ1n) is 9.58. The Morgan fingerprint density at radius 1 is 1.00 bits per heavy atom. The van der Waals surface area contributed by atoms with Crippen LogP contribution in [-0.4, -0.2) is 35.5 Å². The first-order valence-corrected chi connectivity index (χ1v) is 9.58. The number of benzene rings is 4. The lowest BCUT2D eigenvalue weighted by Gasteiger charge is -2.11. The zero-order valence-electron chi connectivity index (χ0n) is 16.5. The number of esters is 1. The van der Waals surface area contributed by atoms with Crippen LogP contribution < -0.4 is 5.32 Å². The molecule has 2 N–H and O–H groups in total. The number of ether oxygens (including phenoxy) is 1. The molecule has 1 unspecified atom stereocenters. The van der Waals surface area contributed by atoms with Crippen LogP contribution in [0.15, 0.2) is 73.2 Å². The largest absolute Gasteiger partial charge is 0.467 e. The summed E-state index contributed by atoms with van der Waals surface area (Å²) in [5.41, 5.74) is 0.759. The molecule has 0 fully saturated rings. The molecule has 6 nitrogen and oxygen atoms in total. The number of carbonyl (C=O) groups is 2. The summed E-state index contributed by atoms with van der Waals surface area (Å²) in [6.45, 7) is 0. The Labute approximate surface area is 173 Å². The minimum atomic E-state index is -0.669. The number of carbonyl (C=O) groups excluding carboxylic acids is 2. The zero-order valence-corrected chi connectivity index (χ0v) is 16.5. The van der Waals surface area contributed by atoms with Gasteiger partial charge in [-0.3, -0.25) is 4.79 Å². The maximum absolute atomic E-state index is 11.2. The topological polar surface area (TPSA) is 84.1 Å². The van der Waals surface area contributed by atoms with E-state index in [9.17, 15) is 9.59 Å². The molecular weight excluding hydrogens is 378 g/mol. The standard InChI is InChI=1S/C16H10.C8H11N3O3/c1-3-11-7-9-13-5-2-6-14-10-8-12(4-1)15(11)16(13)14;1-14-8(13)7(11-5-12)2-6-3-9-4-10-6/h1-10H;3-5,7H,2H2,1H3,(H,9,10)(H,11,12). The van der Waals surface area contributed by atoms with Gasteiger partial charge in [0.15, 0.2) is 0 Å². The molecule has 0 radical (unpaired) electrons. The van der Waals surface area contributed by atoms with Crippen molar-refractivity contribution in [3.63, 3.8) is 0 Å². The molecule has 30 heavy (non-hydrogen) atoms. The summed E-state index contributed by atoms with van der Waals surface area (Å²) in [5.74, 6) is -0.480. The third kappa shape index (κ3) is 3.80. The number of rotatable bonds is 5. The van der Waals surface area contributed by atoms with E-state index in [0.717, 1.165) is 5.69 Å². The van der Waals surface area contributed by atoms with Gasteiger partial charge in [-0.2, -0.15) is 0 Å². The van der Waals surface area contributed by atoms with Gasteiger partial charge in [0.2, 0.25) is 6.41 Å².